The molecule has 3 atom stereocenters. The van der Waals surface area contributed by atoms with Crippen molar-refractivity contribution < 1.29 is 9.47 Å². The average Bonchev–Trinajstić information content (AvgIpc) is 2.87. The highest BCUT2D eigenvalue weighted by Gasteiger charge is 2.49. The molecule has 1 aliphatic heterocycles. The maximum absolute atomic E-state index is 6.26. The lowest BCUT2D eigenvalue weighted by Crippen LogP contribution is -2.43. The first-order valence-corrected chi connectivity index (χ1v) is 7.11. The van der Waals surface area contributed by atoms with Crippen LogP contribution in [0, 0.1) is 11.3 Å². The van der Waals surface area contributed by atoms with Gasteiger partial charge >= 0.3 is 0 Å². The van der Waals surface area contributed by atoms with Gasteiger partial charge in [0.1, 0.15) is 18.8 Å². The minimum Gasteiger partial charge on any atom is -0.347 e. The van der Waals surface area contributed by atoms with Crippen molar-refractivity contribution in [2.24, 2.45) is 11.3 Å². The van der Waals surface area contributed by atoms with Gasteiger partial charge in [0.25, 0.3) is 0 Å². The first kappa shape index (κ1) is 13.1. The third-order valence-electron chi connectivity index (χ3n) is 4.08. The van der Waals surface area contributed by atoms with Gasteiger partial charge in [0, 0.05) is 12.8 Å². The Morgan fingerprint density at radius 3 is 2.89 bits per heavy atom. The molecule has 1 saturated heterocycles. The second-order valence-electron chi connectivity index (χ2n) is 6.93. The van der Waals surface area contributed by atoms with Gasteiger partial charge in [0.05, 0.1) is 13.2 Å². The van der Waals surface area contributed by atoms with E-state index in [1.807, 2.05) is 4.68 Å². The predicted octanol–water partition coefficient (Wildman–Crippen LogP) is 2.24. The monoisotopic (exact) mass is 265 g/mol. The lowest BCUT2D eigenvalue weighted by molar-refractivity contribution is -0.217. The Bertz CT molecular complexity index is 432. The summed E-state index contributed by atoms with van der Waals surface area (Å²) in [5.41, 5.74) is 0.291. The summed E-state index contributed by atoms with van der Waals surface area (Å²) in [5.74, 6) is 0.278. The molecular formula is C14H23N3O2. The van der Waals surface area contributed by atoms with Crippen LogP contribution in [0.2, 0.25) is 0 Å². The molecule has 2 aliphatic rings. The van der Waals surface area contributed by atoms with Gasteiger partial charge in [-0.2, -0.15) is 5.10 Å². The van der Waals surface area contributed by atoms with Crippen LogP contribution in [0.4, 0.5) is 0 Å². The Morgan fingerprint density at radius 2 is 2.21 bits per heavy atom. The van der Waals surface area contributed by atoms with Crippen LogP contribution in [0.3, 0.4) is 0 Å². The number of hydrogen-bond acceptors (Lipinski definition) is 4. The molecule has 1 aliphatic carbocycles. The van der Waals surface area contributed by atoms with Crippen LogP contribution in [0.25, 0.3) is 0 Å². The van der Waals surface area contributed by atoms with E-state index in [9.17, 15) is 0 Å². The summed E-state index contributed by atoms with van der Waals surface area (Å²) in [6.45, 7) is 8.28. The molecular weight excluding hydrogens is 242 g/mol. The van der Waals surface area contributed by atoms with Crippen LogP contribution in [0.1, 0.15) is 40.0 Å². The molecule has 0 aromatic carbocycles. The van der Waals surface area contributed by atoms with Crippen molar-refractivity contribution in [3.63, 3.8) is 0 Å². The minimum atomic E-state index is -0.369. The molecule has 1 aromatic heterocycles. The lowest BCUT2D eigenvalue weighted by Gasteiger charge is -2.44. The third-order valence-corrected chi connectivity index (χ3v) is 4.08. The summed E-state index contributed by atoms with van der Waals surface area (Å²) in [4.78, 5) is 3.96. The fourth-order valence-corrected chi connectivity index (χ4v) is 3.86. The van der Waals surface area contributed by atoms with Crippen LogP contribution >= 0.6 is 0 Å². The van der Waals surface area contributed by atoms with Gasteiger partial charge in [-0.25, -0.2) is 4.98 Å². The molecule has 0 N–H and O–H groups in total. The molecule has 5 heteroatoms. The van der Waals surface area contributed by atoms with Gasteiger partial charge in [-0.05, 0) is 17.8 Å². The number of rotatable bonds is 2. The summed E-state index contributed by atoms with van der Waals surface area (Å²) in [6.07, 6.45) is 6.60. The Labute approximate surface area is 114 Å². The van der Waals surface area contributed by atoms with Crippen molar-refractivity contribution in [3.05, 3.63) is 12.7 Å². The average molecular weight is 265 g/mol. The first-order valence-electron chi connectivity index (χ1n) is 7.11. The minimum absolute atomic E-state index is 0.0859. The van der Waals surface area contributed by atoms with Crippen molar-refractivity contribution in [2.75, 3.05) is 6.61 Å². The van der Waals surface area contributed by atoms with E-state index in [2.05, 4.69) is 30.9 Å². The van der Waals surface area contributed by atoms with Crippen LogP contribution in [-0.4, -0.2) is 33.3 Å². The second-order valence-corrected chi connectivity index (χ2v) is 6.93. The van der Waals surface area contributed by atoms with Gasteiger partial charge in [0.2, 0.25) is 0 Å². The molecule has 0 radical (unpaired) electrons. The normalized spacial score (nSPS) is 37.8. The quantitative estimate of drug-likeness (QED) is 0.823. The molecule has 2 fully saturated rings. The molecule has 1 spiro atoms. The fraction of sp³-hybridized carbons (Fsp3) is 0.857. The largest absolute Gasteiger partial charge is 0.347 e. The number of aromatic nitrogens is 3. The molecule has 2 heterocycles. The maximum Gasteiger partial charge on any atom is 0.169 e. The van der Waals surface area contributed by atoms with Gasteiger partial charge in [0.15, 0.2) is 5.79 Å². The number of hydrogen-bond donors (Lipinski definition) is 0. The topological polar surface area (TPSA) is 49.2 Å². The Kier molecular flexibility index (Phi) is 3.14. The van der Waals surface area contributed by atoms with Crippen LogP contribution in [0.15, 0.2) is 12.7 Å². The molecule has 106 valence electrons. The highest BCUT2D eigenvalue weighted by Crippen LogP contribution is 2.48. The lowest BCUT2D eigenvalue weighted by atomic mass is 9.70. The molecule has 1 aromatic rings. The van der Waals surface area contributed by atoms with Crippen molar-refractivity contribution in [1.29, 1.82) is 0 Å². The summed E-state index contributed by atoms with van der Waals surface area (Å²) in [6, 6.07) is 0. The van der Waals surface area contributed by atoms with Crippen molar-refractivity contribution in [2.45, 2.75) is 58.5 Å². The van der Waals surface area contributed by atoms with E-state index >= 15 is 0 Å². The molecule has 3 rings (SSSR count). The summed E-state index contributed by atoms with van der Waals surface area (Å²) < 4.78 is 14.1. The van der Waals surface area contributed by atoms with Crippen LogP contribution < -0.4 is 0 Å². The Balaban J connectivity index is 1.67. The van der Waals surface area contributed by atoms with Gasteiger partial charge in [-0.3, -0.25) is 4.68 Å². The zero-order valence-electron chi connectivity index (χ0n) is 12.0. The fourth-order valence-electron chi connectivity index (χ4n) is 3.86. The van der Waals surface area contributed by atoms with Crippen molar-refractivity contribution in [1.82, 2.24) is 14.8 Å². The highest BCUT2D eigenvalue weighted by molar-refractivity contribution is 4.92. The van der Waals surface area contributed by atoms with Crippen LogP contribution in [0.5, 0.6) is 0 Å². The highest BCUT2D eigenvalue weighted by atomic mass is 16.7. The van der Waals surface area contributed by atoms with E-state index in [0.717, 1.165) is 19.4 Å². The molecule has 0 bridgehead atoms. The number of ether oxygens (including phenoxy) is 2. The molecule has 5 nitrogen and oxygen atoms in total. The van der Waals surface area contributed by atoms with E-state index in [4.69, 9.17) is 9.47 Å². The molecule has 19 heavy (non-hydrogen) atoms. The smallest absolute Gasteiger partial charge is 0.169 e. The van der Waals surface area contributed by atoms with E-state index in [1.54, 1.807) is 12.7 Å². The van der Waals surface area contributed by atoms with Gasteiger partial charge in [-0.1, -0.05) is 20.8 Å². The van der Waals surface area contributed by atoms with Crippen LogP contribution in [-0.2, 0) is 16.0 Å². The molecule has 1 saturated carbocycles. The van der Waals surface area contributed by atoms with E-state index in [-0.39, 0.29) is 11.9 Å². The van der Waals surface area contributed by atoms with Crippen molar-refractivity contribution >= 4 is 0 Å². The van der Waals surface area contributed by atoms with E-state index in [0.29, 0.717) is 17.9 Å². The molecule has 0 amide bonds. The third kappa shape index (κ3) is 2.82. The molecule has 0 unspecified atom stereocenters. The van der Waals surface area contributed by atoms with E-state index in [1.165, 1.54) is 6.42 Å². The standard InChI is InChI=1S/C14H23N3O2/c1-11-4-13(2,3)8-14(5-11)18-7-12(19-14)6-17-10-15-9-16-17/h9-12H,4-8H2,1-3H3/t11-,12+,14+/m1/s1. The van der Waals surface area contributed by atoms with Gasteiger partial charge in [-0.15, -0.1) is 0 Å². The second kappa shape index (κ2) is 4.56. The zero-order valence-corrected chi connectivity index (χ0v) is 12.0. The summed E-state index contributed by atoms with van der Waals surface area (Å²) in [7, 11) is 0. The first-order chi connectivity index (χ1) is 8.96. The maximum atomic E-state index is 6.26. The van der Waals surface area contributed by atoms with Gasteiger partial charge < -0.3 is 9.47 Å². The van der Waals surface area contributed by atoms with Crippen molar-refractivity contribution in [3.8, 4) is 0 Å². The Hall–Kier alpha value is -0.940. The SMILES string of the molecule is C[C@@H]1CC(C)(C)C[C@@]2(C1)OC[C@H](Cn1cncn1)O2. The Morgan fingerprint density at radius 1 is 1.37 bits per heavy atom. The summed E-state index contributed by atoms with van der Waals surface area (Å²) in [5, 5.41) is 4.13. The zero-order chi connectivity index (χ0) is 13.5. The number of nitrogens with zero attached hydrogens (tertiary/aromatic N) is 3. The predicted molar refractivity (Wildman–Crippen MR) is 70.4 cm³/mol. The summed E-state index contributed by atoms with van der Waals surface area (Å²) >= 11 is 0. The van der Waals surface area contributed by atoms with E-state index < -0.39 is 0 Å².